The fraction of sp³-hybridized carbons (Fsp3) is 0.429. The molecule has 0 bridgehead atoms. The molecular formula is C7H11F3N2. The zero-order valence-corrected chi connectivity index (χ0v) is 6.75. The van der Waals surface area contributed by atoms with Gasteiger partial charge in [0.15, 0.2) is 0 Å². The van der Waals surface area contributed by atoms with Gasteiger partial charge in [0.1, 0.15) is 0 Å². The van der Waals surface area contributed by atoms with Gasteiger partial charge < -0.3 is 9.80 Å². The quantitative estimate of drug-likeness (QED) is 0.608. The van der Waals surface area contributed by atoms with Gasteiger partial charge in [-0.15, -0.1) is 0 Å². The largest absolute Gasteiger partial charge is 0.379 e. The topological polar surface area (TPSA) is 6.48 Å². The number of hydrogen-bond acceptors (Lipinski definition) is 2. The number of rotatable bonds is 1. The van der Waals surface area contributed by atoms with E-state index in [1.54, 1.807) is 6.20 Å². The fourth-order valence-electron chi connectivity index (χ4n) is 0.670. The Morgan fingerprint density at radius 2 is 1.92 bits per heavy atom. The molecule has 1 heterocycles. The van der Waals surface area contributed by atoms with E-state index in [1.807, 2.05) is 24.3 Å². The van der Waals surface area contributed by atoms with Crippen LogP contribution in [0.25, 0.3) is 0 Å². The molecule has 0 saturated carbocycles. The highest BCUT2D eigenvalue weighted by molar-refractivity contribution is 4.93. The number of alkyl halides is 3. The molecule has 0 atom stereocenters. The zero-order valence-electron chi connectivity index (χ0n) is 6.75. The van der Waals surface area contributed by atoms with Gasteiger partial charge >= 0.3 is 6.68 Å². The zero-order chi connectivity index (χ0) is 9.56. The minimum absolute atomic E-state index is 0.934. The summed E-state index contributed by atoms with van der Waals surface area (Å²) < 4.78 is 29.0. The SMILES string of the molecule is C=CN1C=CN(C)C1.FC(F)F. The Hall–Kier alpha value is -1.13. The molecular weight excluding hydrogens is 169 g/mol. The second-order valence-electron chi connectivity index (χ2n) is 2.14. The smallest absolute Gasteiger partial charge is 0.361 e. The maximum atomic E-state index is 9.67. The van der Waals surface area contributed by atoms with Gasteiger partial charge in [0.25, 0.3) is 0 Å². The van der Waals surface area contributed by atoms with Crippen LogP contribution in [-0.4, -0.2) is 30.2 Å². The molecule has 0 unspecified atom stereocenters. The third-order valence-corrected chi connectivity index (χ3v) is 1.13. The van der Waals surface area contributed by atoms with Crippen LogP contribution in [0.3, 0.4) is 0 Å². The fourth-order valence-corrected chi connectivity index (χ4v) is 0.670. The first-order valence-electron chi connectivity index (χ1n) is 3.25. The normalized spacial score (nSPS) is 14.8. The van der Waals surface area contributed by atoms with E-state index >= 15 is 0 Å². The minimum atomic E-state index is -3.67. The van der Waals surface area contributed by atoms with Gasteiger partial charge in [-0.05, 0) is 6.20 Å². The average Bonchev–Trinajstić information content (AvgIpc) is 2.34. The molecule has 0 aromatic rings. The van der Waals surface area contributed by atoms with Crippen LogP contribution in [0.4, 0.5) is 13.2 Å². The van der Waals surface area contributed by atoms with Crippen LogP contribution in [0.5, 0.6) is 0 Å². The van der Waals surface area contributed by atoms with Crippen LogP contribution < -0.4 is 0 Å². The summed E-state index contributed by atoms with van der Waals surface area (Å²) in [5.41, 5.74) is 0. The Morgan fingerprint density at radius 3 is 2.08 bits per heavy atom. The lowest BCUT2D eigenvalue weighted by atomic mass is 10.8. The molecule has 0 spiro atoms. The molecule has 0 N–H and O–H groups in total. The molecule has 1 aliphatic rings. The van der Waals surface area contributed by atoms with E-state index in [2.05, 4.69) is 11.5 Å². The van der Waals surface area contributed by atoms with Crippen LogP contribution in [0.15, 0.2) is 25.2 Å². The van der Waals surface area contributed by atoms with Crippen LogP contribution in [0.1, 0.15) is 0 Å². The number of halogens is 3. The van der Waals surface area contributed by atoms with Gasteiger partial charge in [0.05, 0.1) is 6.67 Å². The molecule has 12 heavy (non-hydrogen) atoms. The summed E-state index contributed by atoms with van der Waals surface area (Å²) in [6, 6.07) is 0. The molecule has 0 saturated heterocycles. The van der Waals surface area contributed by atoms with Crippen molar-refractivity contribution >= 4 is 0 Å². The highest BCUT2D eigenvalue weighted by Crippen LogP contribution is 2.01. The highest BCUT2D eigenvalue weighted by atomic mass is 19.4. The van der Waals surface area contributed by atoms with Gasteiger partial charge in [-0.25, -0.2) is 0 Å². The Labute approximate surface area is 69.6 Å². The summed E-state index contributed by atoms with van der Waals surface area (Å²) in [4.78, 5) is 4.10. The first-order valence-corrected chi connectivity index (χ1v) is 3.25. The maximum Gasteiger partial charge on any atom is 0.379 e. The summed E-state index contributed by atoms with van der Waals surface area (Å²) in [6.07, 6.45) is 5.81. The van der Waals surface area contributed by atoms with Crippen LogP contribution in [0.2, 0.25) is 0 Å². The Balaban J connectivity index is 0.000000261. The Bertz CT molecular complexity index is 156. The van der Waals surface area contributed by atoms with Crippen molar-refractivity contribution in [3.05, 3.63) is 25.2 Å². The maximum absolute atomic E-state index is 9.67. The van der Waals surface area contributed by atoms with E-state index in [4.69, 9.17) is 0 Å². The van der Waals surface area contributed by atoms with Crippen molar-refractivity contribution in [2.45, 2.75) is 6.68 Å². The van der Waals surface area contributed by atoms with Gasteiger partial charge in [-0.2, -0.15) is 13.2 Å². The van der Waals surface area contributed by atoms with Gasteiger partial charge in [-0.3, -0.25) is 0 Å². The summed E-state index contributed by atoms with van der Waals surface area (Å²) >= 11 is 0. The lowest BCUT2D eigenvalue weighted by molar-refractivity contribution is 0.00819. The predicted octanol–water partition coefficient (Wildman–Crippen LogP) is 1.98. The van der Waals surface area contributed by atoms with E-state index in [0.717, 1.165) is 6.67 Å². The lowest BCUT2D eigenvalue weighted by Crippen LogP contribution is -2.16. The van der Waals surface area contributed by atoms with E-state index < -0.39 is 6.68 Å². The molecule has 0 amide bonds. The van der Waals surface area contributed by atoms with Gasteiger partial charge in [-0.1, -0.05) is 6.58 Å². The second-order valence-corrected chi connectivity index (χ2v) is 2.14. The summed E-state index contributed by atoms with van der Waals surface area (Å²) in [7, 11) is 2.03. The van der Waals surface area contributed by atoms with Crippen molar-refractivity contribution in [3.63, 3.8) is 0 Å². The van der Waals surface area contributed by atoms with Crippen molar-refractivity contribution in [3.8, 4) is 0 Å². The summed E-state index contributed by atoms with van der Waals surface area (Å²) in [6.45, 7) is 0.892. The molecule has 70 valence electrons. The molecule has 0 fully saturated rings. The molecule has 0 aromatic heterocycles. The number of nitrogens with zero attached hydrogens (tertiary/aromatic N) is 2. The van der Waals surface area contributed by atoms with Crippen molar-refractivity contribution < 1.29 is 13.2 Å². The van der Waals surface area contributed by atoms with Crippen molar-refractivity contribution in [2.75, 3.05) is 13.7 Å². The summed E-state index contributed by atoms with van der Waals surface area (Å²) in [5, 5.41) is 0. The molecule has 2 nitrogen and oxygen atoms in total. The van der Waals surface area contributed by atoms with Gasteiger partial charge in [0, 0.05) is 19.4 Å². The highest BCUT2D eigenvalue weighted by Gasteiger charge is 2.01. The first kappa shape index (κ1) is 10.9. The molecule has 0 aliphatic carbocycles. The van der Waals surface area contributed by atoms with Crippen LogP contribution in [0, 0.1) is 0 Å². The standard InChI is InChI=1S/C6H10N2.CHF3/c1-3-8-5-4-7(2)6-8;2-1(3)4/h3-5H,1,6H2,2H3;1H. The Morgan fingerprint density at radius 1 is 1.42 bits per heavy atom. The molecule has 1 rings (SSSR count). The predicted molar refractivity (Wildman–Crippen MR) is 40.9 cm³/mol. The second kappa shape index (κ2) is 5.51. The molecule has 5 heteroatoms. The minimum Gasteiger partial charge on any atom is -0.361 e. The van der Waals surface area contributed by atoms with E-state index in [0.29, 0.717) is 0 Å². The van der Waals surface area contributed by atoms with Crippen molar-refractivity contribution in [2.24, 2.45) is 0 Å². The summed E-state index contributed by atoms with van der Waals surface area (Å²) in [5.74, 6) is 0. The lowest BCUT2D eigenvalue weighted by Gasteiger charge is -2.11. The van der Waals surface area contributed by atoms with Crippen molar-refractivity contribution in [1.29, 1.82) is 0 Å². The van der Waals surface area contributed by atoms with E-state index in [1.165, 1.54) is 0 Å². The van der Waals surface area contributed by atoms with E-state index in [9.17, 15) is 13.2 Å². The molecule has 1 aliphatic heterocycles. The third-order valence-electron chi connectivity index (χ3n) is 1.13. The number of hydrogen-bond donors (Lipinski definition) is 0. The van der Waals surface area contributed by atoms with Crippen molar-refractivity contribution in [1.82, 2.24) is 9.80 Å². The molecule has 0 radical (unpaired) electrons. The molecule has 0 aromatic carbocycles. The van der Waals surface area contributed by atoms with Gasteiger partial charge in [0.2, 0.25) is 0 Å². The average molecular weight is 180 g/mol. The third kappa shape index (κ3) is 5.64. The monoisotopic (exact) mass is 180 g/mol. The van der Waals surface area contributed by atoms with E-state index in [-0.39, 0.29) is 0 Å². The Kier molecular flexibility index (Phi) is 4.99. The first-order chi connectivity index (χ1) is 5.56. The van der Waals surface area contributed by atoms with Crippen LogP contribution in [-0.2, 0) is 0 Å². The van der Waals surface area contributed by atoms with Crippen LogP contribution >= 0.6 is 0 Å².